The lowest BCUT2D eigenvalue weighted by molar-refractivity contribution is 0.0443. The van der Waals surface area contributed by atoms with E-state index in [9.17, 15) is 4.79 Å². The molecule has 1 amide bonds. The molecular weight excluding hydrogens is 304 g/mol. The molecule has 1 aromatic rings. The molecule has 2 rings (SSSR count). The molecule has 2 heterocycles. The minimum absolute atomic E-state index is 0.0306. The number of alkyl halides is 1. The Morgan fingerprint density at radius 3 is 2.88 bits per heavy atom. The van der Waals surface area contributed by atoms with Crippen molar-refractivity contribution in [3.63, 3.8) is 0 Å². The third-order valence-electron chi connectivity index (χ3n) is 2.93. The molecule has 1 saturated heterocycles. The zero-order valence-electron chi connectivity index (χ0n) is 9.66. The predicted molar refractivity (Wildman–Crippen MR) is 70.9 cm³/mol. The van der Waals surface area contributed by atoms with Crippen LogP contribution in [0.25, 0.3) is 0 Å². The first-order chi connectivity index (χ1) is 8.15. The molecule has 0 saturated carbocycles. The fourth-order valence-electron chi connectivity index (χ4n) is 1.82. The van der Waals surface area contributed by atoms with E-state index >= 15 is 0 Å². The topological polar surface area (TPSA) is 51.2 Å². The lowest BCUT2D eigenvalue weighted by Crippen LogP contribution is -2.53. The smallest absolute Gasteiger partial charge is 0.263 e. The minimum Gasteiger partial charge on any atom is -0.381 e. The molecular formula is C11H15BrN2O2S. The molecule has 0 spiro atoms. The van der Waals surface area contributed by atoms with Crippen LogP contribution in [-0.4, -0.2) is 35.0 Å². The number of carbonyl (C=O) groups excluding carboxylic acids is 1. The van der Waals surface area contributed by atoms with Crippen molar-refractivity contribution < 1.29 is 9.53 Å². The van der Waals surface area contributed by atoms with Crippen molar-refractivity contribution in [3.05, 3.63) is 16.1 Å². The molecule has 17 heavy (non-hydrogen) atoms. The zero-order chi connectivity index (χ0) is 12.3. The maximum absolute atomic E-state index is 12.1. The van der Waals surface area contributed by atoms with Crippen LogP contribution in [0.3, 0.4) is 0 Å². The lowest BCUT2D eigenvalue weighted by atomic mass is 9.92. The average Bonchev–Trinajstić information content (AvgIpc) is 2.77. The molecule has 94 valence electrons. The normalized spacial score (nSPS) is 18.9. The van der Waals surface area contributed by atoms with Gasteiger partial charge in [-0.1, -0.05) is 15.9 Å². The van der Waals surface area contributed by atoms with Crippen LogP contribution in [0.1, 0.15) is 27.5 Å². The van der Waals surface area contributed by atoms with Gasteiger partial charge in [0.2, 0.25) is 0 Å². The molecule has 0 bridgehead atoms. The second-order valence-corrected chi connectivity index (χ2v) is 6.02. The summed E-state index contributed by atoms with van der Waals surface area (Å²) in [5.41, 5.74) is -0.173. The van der Waals surface area contributed by atoms with Gasteiger partial charge in [0.05, 0.1) is 16.7 Å². The van der Waals surface area contributed by atoms with Gasteiger partial charge in [0.25, 0.3) is 5.91 Å². The summed E-state index contributed by atoms with van der Waals surface area (Å²) in [5, 5.41) is 4.79. The Hall–Kier alpha value is -0.460. The summed E-state index contributed by atoms with van der Waals surface area (Å²) < 4.78 is 5.34. The number of hydrogen-bond acceptors (Lipinski definition) is 4. The number of hydrogen-bond donors (Lipinski definition) is 1. The second-order valence-electron chi connectivity index (χ2n) is 4.22. The molecule has 1 fully saturated rings. The van der Waals surface area contributed by atoms with Crippen LogP contribution in [0.5, 0.6) is 0 Å². The SMILES string of the molecule is Cc1ncc(C(=O)NC2(CBr)CCOCC2)s1. The van der Waals surface area contributed by atoms with Crippen molar-refractivity contribution in [2.75, 3.05) is 18.5 Å². The first-order valence-corrected chi connectivity index (χ1v) is 7.48. The highest BCUT2D eigenvalue weighted by Gasteiger charge is 2.33. The number of amides is 1. The highest BCUT2D eigenvalue weighted by Crippen LogP contribution is 2.24. The first-order valence-electron chi connectivity index (χ1n) is 5.54. The number of nitrogens with one attached hydrogen (secondary N) is 1. The Morgan fingerprint density at radius 1 is 1.65 bits per heavy atom. The second kappa shape index (κ2) is 5.46. The fourth-order valence-corrected chi connectivity index (χ4v) is 3.20. The Labute approximate surface area is 113 Å². The Balaban J connectivity index is 2.05. The van der Waals surface area contributed by atoms with Gasteiger partial charge in [-0.25, -0.2) is 4.98 Å². The maximum Gasteiger partial charge on any atom is 0.263 e. The molecule has 1 aliphatic rings. The number of thiazole rings is 1. The summed E-state index contributed by atoms with van der Waals surface area (Å²) in [4.78, 5) is 16.9. The number of nitrogens with zero attached hydrogens (tertiary/aromatic N) is 1. The quantitative estimate of drug-likeness (QED) is 0.869. The summed E-state index contributed by atoms with van der Waals surface area (Å²) in [7, 11) is 0. The summed E-state index contributed by atoms with van der Waals surface area (Å²) in [6.07, 6.45) is 3.33. The van der Waals surface area contributed by atoms with Crippen molar-refractivity contribution in [1.82, 2.24) is 10.3 Å². The van der Waals surface area contributed by atoms with Gasteiger partial charge in [0.15, 0.2) is 0 Å². The highest BCUT2D eigenvalue weighted by atomic mass is 79.9. The van der Waals surface area contributed by atoms with Crippen molar-refractivity contribution in [2.24, 2.45) is 0 Å². The molecule has 1 aliphatic heterocycles. The molecule has 0 atom stereocenters. The standard InChI is InChI=1S/C11H15BrN2O2S/c1-8-13-6-9(17-8)10(15)14-11(7-12)2-4-16-5-3-11/h6H,2-5,7H2,1H3,(H,14,15). The van der Waals surface area contributed by atoms with Crippen LogP contribution in [0.2, 0.25) is 0 Å². The van der Waals surface area contributed by atoms with E-state index in [1.54, 1.807) is 6.20 Å². The Morgan fingerprint density at radius 2 is 2.35 bits per heavy atom. The van der Waals surface area contributed by atoms with Crippen molar-refractivity contribution in [1.29, 1.82) is 0 Å². The van der Waals surface area contributed by atoms with Gasteiger partial charge in [-0.2, -0.15) is 0 Å². The molecule has 0 aromatic carbocycles. The number of ether oxygens (including phenoxy) is 1. The number of aromatic nitrogens is 1. The van der Waals surface area contributed by atoms with Crippen LogP contribution in [0.4, 0.5) is 0 Å². The molecule has 0 unspecified atom stereocenters. The van der Waals surface area contributed by atoms with Crippen LogP contribution in [-0.2, 0) is 4.74 Å². The van der Waals surface area contributed by atoms with Crippen LogP contribution < -0.4 is 5.32 Å². The lowest BCUT2D eigenvalue weighted by Gasteiger charge is -2.36. The van der Waals surface area contributed by atoms with E-state index in [4.69, 9.17) is 4.74 Å². The fraction of sp³-hybridized carbons (Fsp3) is 0.636. The highest BCUT2D eigenvalue weighted by molar-refractivity contribution is 9.09. The average molecular weight is 319 g/mol. The minimum atomic E-state index is -0.173. The third kappa shape index (κ3) is 3.05. The molecule has 0 aliphatic carbocycles. The van der Waals surface area contributed by atoms with E-state index in [1.807, 2.05) is 6.92 Å². The zero-order valence-corrected chi connectivity index (χ0v) is 12.1. The van der Waals surface area contributed by atoms with Gasteiger partial charge < -0.3 is 10.1 Å². The van der Waals surface area contributed by atoms with Crippen LogP contribution in [0.15, 0.2) is 6.20 Å². The number of halogens is 1. The Bertz CT molecular complexity index is 402. The van der Waals surface area contributed by atoms with Gasteiger partial charge >= 0.3 is 0 Å². The molecule has 1 N–H and O–H groups in total. The molecule has 0 radical (unpaired) electrons. The first kappa shape index (κ1) is 13.0. The van der Waals surface area contributed by atoms with Gasteiger partial charge in [0.1, 0.15) is 4.88 Å². The van der Waals surface area contributed by atoms with Gasteiger partial charge in [0, 0.05) is 18.5 Å². The largest absolute Gasteiger partial charge is 0.381 e. The van der Waals surface area contributed by atoms with Gasteiger partial charge in [-0.05, 0) is 19.8 Å². The summed E-state index contributed by atoms with van der Waals surface area (Å²) in [6, 6.07) is 0. The summed E-state index contributed by atoms with van der Waals surface area (Å²) in [5.74, 6) is -0.0306. The number of aryl methyl sites for hydroxylation is 1. The van der Waals surface area contributed by atoms with Crippen molar-refractivity contribution in [2.45, 2.75) is 25.3 Å². The Kier molecular flexibility index (Phi) is 4.17. The van der Waals surface area contributed by atoms with E-state index in [2.05, 4.69) is 26.2 Å². The van der Waals surface area contributed by atoms with Crippen LogP contribution >= 0.6 is 27.3 Å². The van der Waals surface area contributed by atoms with E-state index in [-0.39, 0.29) is 11.4 Å². The van der Waals surface area contributed by atoms with Gasteiger partial charge in [-0.15, -0.1) is 11.3 Å². The molecule has 4 nitrogen and oxygen atoms in total. The molecule has 6 heteroatoms. The van der Waals surface area contributed by atoms with E-state index in [0.717, 1.165) is 23.2 Å². The van der Waals surface area contributed by atoms with Crippen molar-refractivity contribution >= 4 is 33.2 Å². The number of carbonyl (C=O) groups is 1. The van der Waals surface area contributed by atoms with E-state index in [0.29, 0.717) is 18.1 Å². The maximum atomic E-state index is 12.1. The summed E-state index contributed by atoms with van der Waals surface area (Å²) in [6.45, 7) is 3.30. The van der Waals surface area contributed by atoms with E-state index in [1.165, 1.54) is 11.3 Å². The monoisotopic (exact) mass is 318 g/mol. The van der Waals surface area contributed by atoms with Crippen molar-refractivity contribution in [3.8, 4) is 0 Å². The van der Waals surface area contributed by atoms with Crippen LogP contribution in [0, 0.1) is 6.92 Å². The summed E-state index contributed by atoms with van der Waals surface area (Å²) >= 11 is 4.92. The third-order valence-corrected chi connectivity index (χ3v) is 4.91. The van der Waals surface area contributed by atoms with E-state index < -0.39 is 0 Å². The number of rotatable bonds is 3. The molecule has 1 aromatic heterocycles. The van der Waals surface area contributed by atoms with Gasteiger partial charge in [-0.3, -0.25) is 4.79 Å². The predicted octanol–water partition coefficient (Wildman–Crippen LogP) is 2.13.